The first-order chi connectivity index (χ1) is 8.66. The predicted octanol–water partition coefficient (Wildman–Crippen LogP) is 1.49. The van der Waals surface area contributed by atoms with Crippen molar-refractivity contribution in [3.63, 3.8) is 0 Å². The third-order valence-electron chi connectivity index (χ3n) is 2.09. The number of H-pyrrole nitrogens is 1. The third kappa shape index (κ3) is 2.86. The largest absolute Gasteiger partial charge is 0.478 e. The molecule has 0 bridgehead atoms. The Morgan fingerprint density at radius 2 is 2.33 bits per heavy atom. The Hall–Kier alpha value is -2.35. The Morgan fingerprint density at radius 3 is 3.00 bits per heavy atom. The van der Waals surface area contributed by atoms with Gasteiger partial charge in [0.25, 0.3) is 0 Å². The number of carbonyl (C=O) groups excluding carboxylic acids is 1. The third-order valence-corrected chi connectivity index (χ3v) is 2.92. The molecule has 8 heteroatoms. The number of aromatic nitrogens is 2. The van der Waals surface area contributed by atoms with Crippen molar-refractivity contribution in [1.82, 2.24) is 15.3 Å². The van der Waals surface area contributed by atoms with Gasteiger partial charge in [0, 0.05) is 12.4 Å². The summed E-state index contributed by atoms with van der Waals surface area (Å²) in [6.07, 6.45) is 3.23. The Bertz CT molecular complexity index is 549. The van der Waals surface area contributed by atoms with Crippen molar-refractivity contribution in [3.05, 3.63) is 35.2 Å². The lowest BCUT2D eigenvalue weighted by Crippen LogP contribution is -2.28. The van der Waals surface area contributed by atoms with Crippen LogP contribution in [-0.4, -0.2) is 27.1 Å². The first-order valence-corrected chi connectivity index (χ1v) is 5.88. The lowest BCUT2D eigenvalue weighted by Gasteiger charge is -2.05. The summed E-state index contributed by atoms with van der Waals surface area (Å²) in [5.41, 5.74) is 0.0770. The van der Waals surface area contributed by atoms with Crippen molar-refractivity contribution in [1.29, 1.82) is 0 Å². The van der Waals surface area contributed by atoms with Crippen molar-refractivity contribution in [2.75, 3.05) is 5.32 Å². The van der Waals surface area contributed by atoms with Crippen molar-refractivity contribution < 1.29 is 14.7 Å². The smallest absolute Gasteiger partial charge is 0.338 e. The van der Waals surface area contributed by atoms with E-state index in [1.807, 2.05) is 0 Å². The van der Waals surface area contributed by atoms with Gasteiger partial charge in [-0.15, -0.1) is 11.3 Å². The van der Waals surface area contributed by atoms with E-state index in [4.69, 9.17) is 5.11 Å². The Balaban J connectivity index is 1.91. The van der Waals surface area contributed by atoms with Gasteiger partial charge in [0.05, 0.1) is 12.1 Å². The second-order valence-electron chi connectivity index (χ2n) is 3.31. The Morgan fingerprint density at radius 1 is 1.50 bits per heavy atom. The van der Waals surface area contributed by atoms with Crippen molar-refractivity contribution in [3.8, 4) is 0 Å². The van der Waals surface area contributed by atoms with Gasteiger partial charge in [-0.2, -0.15) is 0 Å². The molecule has 7 nitrogen and oxygen atoms in total. The fraction of sp³-hybridized carbons (Fsp3) is 0.100. The van der Waals surface area contributed by atoms with E-state index in [2.05, 4.69) is 20.6 Å². The number of amides is 2. The van der Waals surface area contributed by atoms with Crippen molar-refractivity contribution >= 4 is 28.3 Å². The molecule has 2 aromatic rings. The SMILES string of the molecule is O=C(NCc1ncc[nH]1)Nc1sccc1C(=O)O. The number of carboxylic acids is 1. The van der Waals surface area contributed by atoms with Crippen LogP contribution < -0.4 is 10.6 Å². The van der Waals surface area contributed by atoms with Crippen LogP contribution in [0.4, 0.5) is 9.80 Å². The molecular formula is C10H10N4O3S. The number of nitrogens with zero attached hydrogens (tertiary/aromatic N) is 1. The normalized spacial score (nSPS) is 10.0. The summed E-state index contributed by atoms with van der Waals surface area (Å²) in [7, 11) is 0. The summed E-state index contributed by atoms with van der Waals surface area (Å²) < 4.78 is 0. The van der Waals surface area contributed by atoms with Gasteiger partial charge >= 0.3 is 12.0 Å². The highest BCUT2D eigenvalue weighted by molar-refractivity contribution is 7.14. The zero-order chi connectivity index (χ0) is 13.0. The average molecular weight is 266 g/mol. The van der Waals surface area contributed by atoms with Gasteiger partial charge in [-0.3, -0.25) is 5.32 Å². The lowest BCUT2D eigenvalue weighted by atomic mass is 10.3. The summed E-state index contributed by atoms with van der Waals surface area (Å²) in [5, 5.41) is 15.8. The maximum atomic E-state index is 11.5. The number of thiophene rings is 1. The van der Waals surface area contributed by atoms with E-state index < -0.39 is 12.0 Å². The topological polar surface area (TPSA) is 107 Å². The number of imidazole rings is 1. The first kappa shape index (κ1) is 12.1. The van der Waals surface area contributed by atoms with Gasteiger partial charge in [-0.25, -0.2) is 14.6 Å². The van der Waals surface area contributed by atoms with Crippen molar-refractivity contribution in [2.45, 2.75) is 6.54 Å². The lowest BCUT2D eigenvalue weighted by molar-refractivity contribution is 0.0698. The summed E-state index contributed by atoms with van der Waals surface area (Å²) in [5.74, 6) is -0.452. The summed E-state index contributed by atoms with van der Waals surface area (Å²) in [4.78, 5) is 29.1. The second-order valence-corrected chi connectivity index (χ2v) is 4.23. The molecule has 0 atom stereocenters. The highest BCUT2D eigenvalue weighted by Crippen LogP contribution is 2.22. The monoisotopic (exact) mass is 266 g/mol. The minimum absolute atomic E-state index is 0.0770. The predicted molar refractivity (Wildman–Crippen MR) is 65.7 cm³/mol. The van der Waals surface area contributed by atoms with E-state index in [9.17, 15) is 9.59 Å². The van der Waals surface area contributed by atoms with Gasteiger partial charge in [-0.1, -0.05) is 0 Å². The molecule has 2 rings (SSSR count). The standard InChI is InChI=1S/C10H10N4O3S/c15-9(16)6-1-4-18-8(6)14-10(17)13-5-7-11-2-3-12-7/h1-4H,5H2,(H,11,12)(H,15,16)(H2,13,14,17). The molecule has 0 spiro atoms. The number of rotatable bonds is 4. The van der Waals surface area contributed by atoms with Crippen LogP contribution in [0.1, 0.15) is 16.2 Å². The molecule has 0 aromatic carbocycles. The maximum absolute atomic E-state index is 11.5. The van der Waals surface area contributed by atoms with Crippen LogP contribution in [0.15, 0.2) is 23.8 Å². The van der Waals surface area contributed by atoms with E-state index in [1.54, 1.807) is 17.8 Å². The number of hydrogen-bond acceptors (Lipinski definition) is 4. The molecule has 0 saturated carbocycles. The fourth-order valence-corrected chi connectivity index (χ4v) is 2.05. The first-order valence-electron chi connectivity index (χ1n) is 5.00. The number of carbonyl (C=O) groups is 2. The maximum Gasteiger partial charge on any atom is 0.338 e. The molecule has 2 amide bonds. The molecule has 18 heavy (non-hydrogen) atoms. The minimum Gasteiger partial charge on any atom is -0.478 e. The molecule has 0 unspecified atom stereocenters. The zero-order valence-corrected chi connectivity index (χ0v) is 9.95. The molecule has 0 aliphatic carbocycles. The summed E-state index contributed by atoms with van der Waals surface area (Å²) in [6, 6.07) is 0.964. The molecule has 4 N–H and O–H groups in total. The minimum atomic E-state index is -1.07. The van der Waals surface area contributed by atoms with Gasteiger partial charge in [0.2, 0.25) is 0 Å². The molecule has 2 heterocycles. The molecule has 0 aliphatic heterocycles. The van der Waals surface area contributed by atoms with E-state index >= 15 is 0 Å². The van der Waals surface area contributed by atoms with Crippen LogP contribution >= 0.6 is 11.3 Å². The molecule has 0 radical (unpaired) electrons. The second kappa shape index (κ2) is 5.32. The highest BCUT2D eigenvalue weighted by atomic mass is 32.1. The zero-order valence-electron chi connectivity index (χ0n) is 9.14. The van der Waals surface area contributed by atoms with E-state index in [0.29, 0.717) is 10.8 Å². The van der Waals surface area contributed by atoms with E-state index in [-0.39, 0.29) is 12.1 Å². The summed E-state index contributed by atoms with van der Waals surface area (Å²) in [6.45, 7) is 0.243. The van der Waals surface area contributed by atoms with Crippen LogP contribution in [0.25, 0.3) is 0 Å². The van der Waals surface area contributed by atoms with E-state index in [1.165, 1.54) is 6.07 Å². The molecule has 2 aromatic heterocycles. The number of urea groups is 1. The van der Waals surface area contributed by atoms with Crippen LogP contribution in [0.2, 0.25) is 0 Å². The van der Waals surface area contributed by atoms with Crippen LogP contribution in [0.5, 0.6) is 0 Å². The van der Waals surface area contributed by atoms with Crippen LogP contribution in [0.3, 0.4) is 0 Å². The Kier molecular flexibility index (Phi) is 3.58. The quantitative estimate of drug-likeness (QED) is 0.672. The number of anilines is 1. The van der Waals surface area contributed by atoms with Crippen LogP contribution in [0, 0.1) is 0 Å². The van der Waals surface area contributed by atoms with E-state index in [0.717, 1.165) is 11.3 Å². The highest BCUT2D eigenvalue weighted by Gasteiger charge is 2.13. The summed E-state index contributed by atoms with van der Waals surface area (Å²) >= 11 is 1.15. The average Bonchev–Trinajstić information content (AvgIpc) is 2.96. The molecule has 94 valence electrons. The van der Waals surface area contributed by atoms with Crippen molar-refractivity contribution in [2.24, 2.45) is 0 Å². The van der Waals surface area contributed by atoms with Gasteiger partial charge in [0.1, 0.15) is 10.8 Å². The number of hydrogen-bond donors (Lipinski definition) is 4. The number of carboxylic acid groups (broad SMARTS) is 1. The molecule has 0 fully saturated rings. The van der Waals surface area contributed by atoms with Gasteiger partial charge in [0.15, 0.2) is 0 Å². The number of nitrogens with one attached hydrogen (secondary N) is 3. The number of aromatic carboxylic acids is 1. The van der Waals surface area contributed by atoms with Gasteiger partial charge < -0.3 is 15.4 Å². The van der Waals surface area contributed by atoms with Crippen LogP contribution in [-0.2, 0) is 6.54 Å². The number of aromatic amines is 1. The molecule has 0 aliphatic rings. The molecule has 0 saturated heterocycles. The fourth-order valence-electron chi connectivity index (χ4n) is 1.28. The Labute approximate surface area is 106 Å². The van der Waals surface area contributed by atoms with Gasteiger partial charge in [-0.05, 0) is 11.4 Å². The molecular weight excluding hydrogens is 256 g/mol.